The molecule has 8 rings (SSSR count). The summed E-state index contributed by atoms with van der Waals surface area (Å²) in [5.41, 5.74) is 8.77. The molecule has 11 nitrogen and oxygen atoms in total. The molecule has 1 aromatic heterocycles. The van der Waals surface area contributed by atoms with Gasteiger partial charge in [-0.05, 0) is 98.6 Å². The number of hydrogen-bond donors (Lipinski definition) is 5. The van der Waals surface area contributed by atoms with E-state index in [4.69, 9.17) is 10.5 Å². The zero-order chi connectivity index (χ0) is 40.3. The molecule has 3 saturated carbocycles. The summed E-state index contributed by atoms with van der Waals surface area (Å²) in [6.45, 7) is 6.21. The van der Waals surface area contributed by atoms with Gasteiger partial charge in [-0.3, -0.25) is 14.4 Å². The average molecular weight is 774 g/mol. The number of aliphatic hydroxyl groups is 2. The number of allylic oxidation sites excluding steroid dienone is 2. The zero-order valence-corrected chi connectivity index (χ0v) is 33.0. The summed E-state index contributed by atoms with van der Waals surface area (Å²) in [5, 5.41) is 32.2. The topological polar surface area (TPSA) is 172 Å². The Morgan fingerprint density at radius 2 is 1.77 bits per heavy atom. The third-order valence-electron chi connectivity index (χ3n) is 14.2. The van der Waals surface area contributed by atoms with Crippen molar-refractivity contribution in [1.82, 2.24) is 5.32 Å². The summed E-state index contributed by atoms with van der Waals surface area (Å²) in [4.78, 5) is 51.8. The zero-order valence-electron chi connectivity index (χ0n) is 33.0. The van der Waals surface area contributed by atoms with E-state index in [1.54, 1.807) is 0 Å². The van der Waals surface area contributed by atoms with Crippen LogP contribution < -0.4 is 20.9 Å². The summed E-state index contributed by atoms with van der Waals surface area (Å²) in [6, 6.07) is 21.8. The number of nitrogens with two attached hydrogens (primary N) is 1. The van der Waals surface area contributed by atoms with Gasteiger partial charge in [-0.25, -0.2) is 4.79 Å². The molecule has 3 fully saturated rings. The molecular formula is C46H53N4O7+. The van der Waals surface area contributed by atoms with E-state index in [0.717, 1.165) is 38.5 Å². The monoisotopic (exact) mass is 773 g/mol. The number of nitrogens with one attached hydrogen (secondary N) is 2. The maximum atomic E-state index is 13.7. The van der Waals surface area contributed by atoms with E-state index in [9.17, 15) is 29.4 Å². The van der Waals surface area contributed by atoms with Crippen molar-refractivity contribution in [1.29, 1.82) is 0 Å². The Morgan fingerprint density at radius 1 is 1.00 bits per heavy atom. The molecule has 4 aliphatic rings. The number of aryl methyl sites for hydroxylation is 1. The lowest BCUT2D eigenvalue weighted by molar-refractivity contribution is -0.655. The van der Waals surface area contributed by atoms with Crippen molar-refractivity contribution in [3.8, 4) is 11.3 Å². The van der Waals surface area contributed by atoms with E-state index in [1.807, 2.05) is 61.5 Å². The van der Waals surface area contributed by atoms with Crippen LogP contribution in [0.15, 0.2) is 78.4 Å². The molecule has 4 aliphatic carbocycles. The first-order valence-electron chi connectivity index (χ1n) is 20.4. The van der Waals surface area contributed by atoms with Crippen LogP contribution in [0.2, 0.25) is 0 Å². The number of fused-ring (bicyclic) bond motifs is 8. The first kappa shape index (κ1) is 38.7. The third kappa shape index (κ3) is 6.49. The van der Waals surface area contributed by atoms with E-state index in [2.05, 4.69) is 47.3 Å². The molecule has 0 aliphatic heterocycles. The number of carbonyl (C=O) groups is 4. The minimum atomic E-state index is -1.76. The number of carbonyl (C=O) groups excluding carboxylic acids is 4. The Bertz CT molecular complexity index is 2330. The molecule has 0 radical (unpaired) electrons. The Balaban J connectivity index is 0.891. The molecule has 6 N–H and O–H groups in total. The van der Waals surface area contributed by atoms with E-state index >= 15 is 0 Å². The molecule has 6 unspecified atom stereocenters. The molecule has 2 amide bonds. The number of Topliss-reactive ketones (excluding diaryl/α,β-unsaturated/α-hetero) is 2. The highest BCUT2D eigenvalue weighted by atomic mass is 16.6. The molecule has 3 aromatic carbocycles. The van der Waals surface area contributed by atoms with Gasteiger partial charge in [-0.2, -0.15) is 4.57 Å². The maximum Gasteiger partial charge on any atom is 0.407 e. The van der Waals surface area contributed by atoms with Gasteiger partial charge < -0.3 is 31.3 Å². The van der Waals surface area contributed by atoms with Crippen molar-refractivity contribution in [2.75, 3.05) is 24.2 Å². The number of nitrogen functional groups attached to an aromatic ring is 1. The van der Waals surface area contributed by atoms with E-state index in [-0.39, 0.29) is 60.7 Å². The fourth-order valence-corrected chi connectivity index (χ4v) is 11.4. The number of amides is 2. The van der Waals surface area contributed by atoms with E-state index in [1.165, 1.54) is 0 Å². The Morgan fingerprint density at radius 3 is 2.54 bits per heavy atom. The molecule has 298 valence electrons. The highest BCUT2D eigenvalue weighted by Crippen LogP contribution is 2.67. The van der Waals surface area contributed by atoms with Crippen LogP contribution >= 0.6 is 0 Å². The smallest absolute Gasteiger partial charge is 0.407 e. The normalized spacial score (nSPS) is 29.2. The number of benzene rings is 3. The van der Waals surface area contributed by atoms with Crippen LogP contribution in [0.25, 0.3) is 32.9 Å². The molecule has 11 heteroatoms. The SMILES string of the molecule is CC[n+]1c(-c2ccccc2)c2cc(NC(=O)CCNC(=O)OCC(=O)[C@@]3(O)CCC4C5CC=C6CC(=O)CCC6(C)C5C(O)CC43C)ccc2c2ccc(N)cc21. The number of aromatic nitrogens is 1. The van der Waals surface area contributed by atoms with Crippen molar-refractivity contribution in [3.05, 3.63) is 78.4 Å². The fourth-order valence-electron chi connectivity index (χ4n) is 11.4. The first-order valence-corrected chi connectivity index (χ1v) is 20.4. The predicted molar refractivity (Wildman–Crippen MR) is 218 cm³/mol. The second kappa shape index (κ2) is 14.7. The predicted octanol–water partition coefficient (Wildman–Crippen LogP) is 6.41. The van der Waals surface area contributed by atoms with Crippen molar-refractivity contribution in [2.45, 2.75) is 90.4 Å². The summed E-state index contributed by atoms with van der Waals surface area (Å²) in [7, 11) is 0. The quantitative estimate of drug-likeness (QED) is 0.0563. The Hall–Kier alpha value is -5.13. The van der Waals surface area contributed by atoms with Crippen molar-refractivity contribution in [2.24, 2.45) is 28.6 Å². The molecule has 0 bridgehead atoms. The van der Waals surface area contributed by atoms with Crippen LogP contribution in [0.3, 0.4) is 0 Å². The van der Waals surface area contributed by atoms with Gasteiger partial charge >= 0.3 is 6.09 Å². The van der Waals surface area contributed by atoms with Gasteiger partial charge in [0.2, 0.25) is 22.9 Å². The van der Waals surface area contributed by atoms with Gasteiger partial charge in [0.25, 0.3) is 0 Å². The highest BCUT2D eigenvalue weighted by molar-refractivity contribution is 6.11. The van der Waals surface area contributed by atoms with Crippen molar-refractivity contribution < 1.29 is 38.7 Å². The lowest BCUT2D eigenvalue weighted by Gasteiger charge is -2.59. The third-order valence-corrected chi connectivity index (χ3v) is 14.2. The molecule has 4 aromatic rings. The first-order chi connectivity index (χ1) is 27.3. The summed E-state index contributed by atoms with van der Waals surface area (Å²) >= 11 is 0. The fraction of sp³-hybridized carbons (Fsp3) is 0.457. The molecule has 0 spiro atoms. The standard InChI is InChI=1S/C46H52N4O7/c1-4-50-37-23-29(47)11-14-33(37)32-15-12-30(24-35(32)42(50)27-8-6-5-7-9-27)49-40(54)18-21-48-43(55)57-26-39(53)46(56)20-17-36-34-13-10-28-22-31(51)16-19-44(28,2)41(34)38(52)25-45(36,46)3/h5-12,14-15,23-24,34,36,38,41,47,52,56H,4,13,16-22,25-26H2,1-3H3,(H2,48,49,54,55)/p+1/t34?,36?,38?,41?,44?,45?,46-/m0/s1. The molecule has 1 heterocycles. The van der Waals surface area contributed by atoms with Gasteiger partial charge in [0.15, 0.2) is 6.61 Å². The van der Waals surface area contributed by atoms with Gasteiger partial charge in [0.05, 0.1) is 16.9 Å². The van der Waals surface area contributed by atoms with Crippen LogP contribution in [-0.4, -0.2) is 58.6 Å². The van der Waals surface area contributed by atoms with E-state index < -0.39 is 35.6 Å². The Kier molecular flexibility index (Phi) is 9.97. The lowest BCUT2D eigenvalue weighted by Crippen LogP contribution is -2.62. The molecule has 0 saturated heterocycles. The van der Waals surface area contributed by atoms with Gasteiger partial charge in [-0.1, -0.05) is 49.8 Å². The minimum Gasteiger partial charge on any atom is -0.441 e. The number of hydrogen-bond acceptors (Lipinski definition) is 8. The van der Waals surface area contributed by atoms with Gasteiger partial charge in [0, 0.05) is 59.6 Å². The van der Waals surface area contributed by atoms with Crippen molar-refractivity contribution >= 4 is 56.6 Å². The summed E-state index contributed by atoms with van der Waals surface area (Å²) in [6.07, 6.45) is 4.01. The largest absolute Gasteiger partial charge is 0.441 e. The number of alkyl carbamates (subject to hydrolysis) is 1. The minimum absolute atomic E-state index is 0.00172. The number of rotatable bonds is 9. The second-order valence-electron chi connectivity index (χ2n) is 17.2. The lowest BCUT2D eigenvalue weighted by atomic mass is 9.46. The number of aliphatic hydroxyl groups excluding tert-OH is 1. The van der Waals surface area contributed by atoms with Crippen LogP contribution in [0.1, 0.15) is 72.1 Å². The Labute approximate surface area is 332 Å². The molecule has 7 atom stereocenters. The summed E-state index contributed by atoms with van der Waals surface area (Å²) in [5.74, 6) is -0.619. The van der Waals surface area contributed by atoms with Gasteiger partial charge in [0.1, 0.15) is 17.9 Å². The molecular weight excluding hydrogens is 721 g/mol. The van der Waals surface area contributed by atoms with Crippen LogP contribution in [0.5, 0.6) is 0 Å². The summed E-state index contributed by atoms with van der Waals surface area (Å²) < 4.78 is 7.53. The number of nitrogens with zero attached hydrogens (tertiary/aromatic N) is 1. The number of ether oxygens (including phenoxy) is 1. The highest BCUT2D eigenvalue weighted by Gasteiger charge is 2.68. The van der Waals surface area contributed by atoms with E-state index in [0.29, 0.717) is 50.0 Å². The van der Waals surface area contributed by atoms with Crippen LogP contribution in [-0.2, 0) is 25.7 Å². The number of anilines is 2. The number of pyridine rings is 1. The van der Waals surface area contributed by atoms with Crippen LogP contribution in [0.4, 0.5) is 16.2 Å². The average Bonchev–Trinajstić information content (AvgIpc) is 3.46. The number of ketones is 2. The van der Waals surface area contributed by atoms with Crippen LogP contribution in [0, 0.1) is 28.6 Å². The van der Waals surface area contributed by atoms with Crippen molar-refractivity contribution in [3.63, 3.8) is 0 Å². The van der Waals surface area contributed by atoms with Gasteiger partial charge in [-0.15, -0.1) is 0 Å². The molecule has 57 heavy (non-hydrogen) atoms. The second-order valence-corrected chi connectivity index (χ2v) is 17.2. The maximum absolute atomic E-state index is 13.7.